The van der Waals surface area contributed by atoms with E-state index in [-0.39, 0.29) is 23.9 Å². The molecular weight excluding hydrogens is 370 g/mol. The van der Waals surface area contributed by atoms with Crippen LogP contribution in [0.5, 0.6) is 5.75 Å². The van der Waals surface area contributed by atoms with E-state index in [0.717, 1.165) is 6.54 Å². The summed E-state index contributed by atoms with van der Waals surface area (Å²) in [7, 11) is -0.134. The fourth-order valence-electron chi connectivity index (χ4n) is 3.63. The van der Waals surface area contributed by atoms with Crippen molar-refractivity contribution in [3.05, 3.63) is 24.3 Å². The maximum absolute atomic E-state index is 12.8. The van der Waals surface area contributed by atoms with Gasteiger partial charge in [0.25, 0.3) is 0 Å². The van der Waals surface area contributed by atoms with Crippen molar-refractivity contribution >= 4 is 15.9 Å². The molecule has 0 aromatic heterocycles. The van der Waals surface area contributed by atoms with E-state index in [1.165, 1.54) is 23.5 Å². The topological polar surface area (TPSA) is 90.4 Å². The number of piperazine rings is 1. The van der Waals surface area contributed by atoms with E-state index in [2.05, 4.69) is 0 Å². The average molecular weight is 397 g/mol. The first-order valence-corrected chi connectivity index (χ1v) is 10.6. The number of carbonyl (C=O) groups excluding carboxylic acids is 1. The standard InChI is InChI=1S/C18H27N3O5S/c1-19-8-7-17(22)16(13-19)18(23)20-9-11-21(12-10-20)27(24,25)15-5-3-14(26-2)4-6-15/h3-6,16-17,22H,7-13H2,1-2H3/t16-,17-/m1/s1. The average Bonchev–Trinajstić information content (AvgIpc) is 2.69. The van der Waals surface area contributed by atoms with Gasteiger partial charge in [0, 0.05) is 39.3 Å². The Bertz CT molecular complexity index is 760. The highest BCUT2D eigenvalue weighted by atomic mass is 32.2. The zero-order chi connectivity index (χ0) is 19.6. The molecule has 0 unspecified atom stereocenters. The summed E-state index contributed by atoms with van der Waals surface area (Å²) in [6.07, 6.45) is -0.0478. The van der Waals surface area contributed by atoms with Crippen molar-refractivity contribution in [2.75, 3.05) is 53.4 Å². The Balaban J connectivity index is 1.63. The van der Waals surface area contributed by atoms with Crippen LogP contribution in [0.1, 0.15) is 6.42 Å². The van der Waals surface area contributed by atoms with Gasteiger partial charge < -0.3 is 19.6 Å². The van der Waals surface area contributed by atoms with Gasteiger partial charge >= 0.3 is 0 Å². The lowest BCUT2D eigenvalue weighted by Gasteiger charge is -2.39. The molecule has 0 radical (unpaired) electrons. The molecule has 1 N–H and O–H groups in total. The van der Waals surface area contributed by atoms with E-state index in [0.29, 0.717) is 31.8 Å². The third-order valence-electron chi connectivity index (χ3n) is 5.34. The number of amides is 1. The second-order valence-electron chi connectivity index (χ2n) is 7.13. The highest BCUT2D eigenvalue weighted by molar-refractivity contribution is 7.89. The lowest BCUT2D eigenvalue weighted by atomic mass is 9.93. The summed E-state index contributed by atoms with van der Waals surface area (Å²) in [6.45, 7) is 2.48. The van der Waals surface area contributed by atoms with Crippen molar-refractivity contribution < 1.29 is 23.1 Å². The van der Waals surface area contributed by atoms with Crippen LogP contribution in [-0.2, 0) is 14.8 Å². The molecule has 1 amide bonds. The molecule has 0 bridgehead atoms. The monoisotopic (exact) mass is 397 g/mol. The zero-order valence-electron chi connectivity index (χ0n) is 15.7. The van der Waals surface area contributed by atoms with Crippen LogP contribution in [0.15, 0.2) is 29.2 Å². The van der Waals surface area contributed by atoms with Gasteiger partial charge in [0.15, 0.2) is 0 Å². The molecule has 2 aliphatic rings. The Kier molecular flexibility index (Phi) is 6.05. The van der Waals surface area contributed by atoms with Gasteiger partial charge in [-0.25, -0.2) is 8.42 Å². The summed E-state index contributed by atoms with van der Waals surface area (Å²) in [6, 6.07) is 6.29. The minimum Gasteiger partial charge on any atom is -0.497 e. The predicted molar refractivity (Wildman–Crippen MR) is 99.9 cm³/mol. The summed E-state index contributed by atoms with van der Waals surface area (Å²) in [5.41, 5.74) is 0. The smallest absolute Gasteiger partial charge is 0.243 e. The van der Waals surface area contributed by atoms with Crippen LogP contribution in [-0.4, -0.2) is 93.1 Å². The van der Waals surface area contributed by atoms with Gasteiger partial charge in [0.2, 0.25) is 15.9 Å². The SMILES string of the molecule is COc1ccc(S(=O)(=O)N2CCN(C(=O)[C@@H]3CN(C)CC[C@H]3O)CC2)cc1. The van der Waals surface area contributed by atoms with Gasteiger partial charge in [-0.3, -0.25) is 4.79 Å². The van der Waals surface area contributed by atoms with Crippen LogP contribution in [0.25, 0.3) is 0 Å². The van der Waals surface area contributed by atoms with Crippen LogP contribution < -0.4 is 4.74 Å². The Hall–Kier alpha value is -1.68. The summed E-state index contributed by atoms with van der Waals surface area (Å²) < 4.78 is 32.1. The second-order valence-corrected chi connectivity index (χ2v) is 9.07. The molecule has 1 aromatic rings. The normalized spacial score (nSPS) is 25.4. The van der Waals surface area contributed by atoms with Gasteiger partial charge in [-0.15, -0.1) is 0 Å². The van der Waals surface area contributed by atoms with Crippen LogP contribution in [0.3, 0.4) is 0 Å². The first kappa shape index (κ1) is 20.1. The van der Waals surface area contributed by atoms with Crippen molar-refractivity contribution in [1.29, 1.82) is 0 Å². The Morgan fingerprint density at radius 1 is 1.11 bits per heavy atom. The molecule has 2 heterocycles. The first-order chi connectivity index (χ1) is 12.8. The van der Waals surface area contributed by atoms with E-state index in [1.807, 2.05) is 11.9 Å². The van der Waals surface area contributed by atoms with E-state index < -0.39 is 22.0 Å². The number of carbonyl (C=O) groups is 1. The molecule has 9 heteroatoms. The van der Waals surface area contributed by atoms with Gasteiger partial charge in [-0.1, -0.05) is 0 Å². The molecule has 8 nitrogen and oxygen atoms in total. The number of aliphatic hydroxyl groups is 1. The van der Waals surface area contributed by atoms with E-state index >= 15 is 0 Å². The number of nitrogens with zero attached hydrogens (tertiary/aromatic N) is 3. The highest BCUT2D eigenvalue weighted by Crippen LogP contribution is 2.23. The zero-order valence-corrected chi connectivity index (χ0v) is 16.6. The second kappa shape index (κ2) is 8.14. The number of aliphatic hydroxyl groups excluding tert-OH is 1. The molecule has 0 spiro atoms. The number of likely N-dealkylation sites (tertiary alicyclic amines) is 1. The minimum atomic E-state index is -3.60. The summed E-state index contributed by atoms with van der Waals surface area (Å²) in [5, 5.41) is 10.2. The van der Waals surface area contributed by atoms with Gasteiger partial charge in [0.05, 0.1) is 24.0 Å². The van der Waals surface area contributed by atoms with Gasteiger partial charge in [-0.2, -0.15) is 4.31 Å². The Labute approximate surface area is 160 Å². The number of ether oxygens (including phenoxy) is 1. The third-order valence-corrected chi connectivity index (χ3v) is 7.26. The van der Waals surface area contributed by atoms with E-state index in [4.69, 9.17) is 4.74 Å². The van der Waals surface area contributed by atoms with E-state index in [9.17, 15) is 18.3 Å². The number of hydrogen-bond donors (Lipinski definition) is 1. The molecule has 0 aliphatic carbocycles. The Morgan fingerprint density at radius 2 is 1.74 bits per heavy atom. The molecule has 2 saturated heterocycles. The number of piperidine rings is 1. The van der Waals surface area contributed by atoms with Crippen LogP contribution in [0.4, 0.5) is 0 Å². The predicted octanol–water partition coefficient (Wildman–Crippen LogP) is -0.159. The van der Waals surface area contributed by atoms with Crippen molar-refractivity contribution in [3.8, 4) is 5.75 Å². The molecule has 2 fully saturated rings. The number of sulfonamides is 1. The van der Waals surface area contributed by atoms with Crippen LogP contribution >= 0.6 is 0 Å². The molecule has 0 saturated carbocycles. The van der Waals surface area contributed by atoms with E-state index in [1.54, 1.807) is 17.0 Å². The molecule has 1 aromatic carbocycles. The molecule has 2 aliphatic heterocycles. The van der Waals surface area contributed by atoms with Crippen LogP contribution in [0.2, 0.25) is 0 Å². The highest BCUT2D eigenvalue weighted by Gasteiger charge is 2.37. The van der Waals surface area contributed by atoms with Crippen molar-refractivity contribution in [3.63, 3.8) is 0 Å². The van der Waals surface area contributed by atoms with Crippen molar-refractivity contribution in [2.24, 2.45) is 5.92 Å². The Morgan fingerprint density at radius 3 is 2.33 bits per heavy atom. The summed E-state index contributed by atoms with van der Waals surface area (Å²) in [4.78, 5) is 16.7. The molecule has 150 valence electrons. The van der Waals surface area contributed by atoms with Gasteiger partial charge in [0.1, 0.15) is 5.75 Å². The fraction of sp³-hybridized carbons (Fsp3) is 0.611. The number of rotatable bonds is 4. The third kappa shape index (κ3) is 4.26. The lowest BCUT2D eigenvalue weighted by molar-refractivity contribution is -0.143. The number of benzene rings is 1. The quantitative estimate of drug-likeness (QED) is 0.759. The molecule has 2 atom stereocenters. The number of hydrogen-bond acceptors (Lipinski definition) is 6. The minimum absolute atomic E-state index is 0.0875. The molecule has 3 rings (SSSR count). The fourth-order valence-corrected chi connectivity index (χ4v) is 5.05. The lowest BCUT2D eigenvalue weighted by Crippen LogP contribution is -2.55. The van der Waals surface area contributed by atoms with Crippen LogP contribution in [0, 0.1) is 5.92 Å². The first-order valence-electron chi connectivity index (χ1n) is 9.12. The van der Waals surface area contributed by atoms with Crippen molar-refractivity contribution in [1.82, 2.24) is 14.1 Å². The molecule has 27 heavy (non-hydrogen) atoms. The maximum Gasteiger partial charge on any atom is 0.243 e. The number of methoxy groups -OCH3 is 1. The maximum atomic E-state index is 12.8. The van der Waals surface area contributed by atoms with Crippen molar-refractivity contribution in [2.45, 2.75) is 17.4 Å². The summed E-state index contributed by atoms with van der Waals surface area (Å²) >= 11 is 0. The summed E-state index contributed by atoms with van der Waals surface area (Å²) in [5.74, 6) is 0.0735. The molecular formula is C18H27N3O5S. The van der Waals surface area contributed by atoms with Gasteiger partial charge in [-0.05, 0) is 37.7 Å². The largest absolute Gasteiger partial charge is 0.497 e.